The molecule has 1 heterocycles. The van der Waals surface area contributed by atoms with Gasteiger partial charge in [-0.1, -0.05) is 31.2 Å². The van der Waals surface area contributed by atoms with Gasteiger partial charge >= 0.3 is 0 Å². The molecule has 3 nitrogen and oxygen atoms in total. The number of quaternary nitrogens is 1. The third-order valence-corrected chi connectivity index (χ3v) is 3.30. The fourth-order valence-corrected chi connectivity index (χ4v) is 2.27. The largest absolute Gasteiger partial charge is 0.338 e. The zero-order valence-corrected chi connectivity index (χ0v) is 10.5. The van der Waals surface area contributed by atoms with Crippen molar-refractivity contribution >= 4 is 5.91 Å². The summed E-state index contributed by atoms with van der Waals surface area (Å²) in [6.45, 7) is 5.43. The molecule has 0 aliphatic carbocycles. The van der Waals surface area contributed by atoms with E-state index < -0.39 is 0 Å². The highest BCUT2D eigenvalue weighted by Crippen LogP contribution is 2.17. The molecule has 0 atom stereocenters. The molecular formula is C14H21N2O+. The van der Waals surface area contributed by atoms with Crippen LogP contribution in [0.5, 0.6) is 0 Å². The van der Waals surface area contributed by atoms with Crippen molar-refractivity contribution in [2.24, 2.45) is 0 Å². The van der Waals surface area contributed by atoms with E-state index in [0.717, 1.165) is 32.5 Å². The number of hydrogen-bond acceptors (Lipinski definition) is 1. The van der Waals surface area contributed by atoms with Crippen LogP contribution >= 0.6 is 0 Å². The van der Waals surface area contributed by atoms with Gasteiger partial charge in [0.15, 0.2) is 6.54 Å². The maximum Gasteiger partial charge on any atom is 0.277 e. The Morgan fingerprint density at radius 1 is 1.35 bits per heavy atom. The molecule has 0 saturated heterocycles. The second-order valence-corrected chi connectivity index (χ2v) is 4.62. The molecule has 1 aliphatic rings. The van der Waals surface area contributed by atoms with E-state index in [-0.39, 0.29) is 5.91 Å². The minimum Gasteiger partial charge on any atom is -0.338 e. The van der Waals surface area contributed by atoms with Gasteiger partial charge in [-0.3, -0.25) is 4.79 Å². The first-order valence-corrected chi connectivity index (χ1v) is 6.47. The lowest BCUT2D eigenvalue weighted by atomic mass is 10.00. The zero-order chi connectivity index (χ0) is 12.1. The molecule has 1 amide bonds. The van der Waals surface area contributed by atoms with Gasteiger partial charge in [0.1, 0.15) is 0 Å². The van der Waals surface area contributed by atoms with Crippen molar-refractivity contribution in [2.75, 3.05) is 19.6 Å². The highest BCUT2D eigenvalue weighted by Gasteiger charge is 2.20. The lowest BCUT2D eigenvalue weighted by Crippen LogP contribution is -2.86. The third-order valence-electron chi connectivity index (χ3n) is 3.30. The average molecular weight is 233 g/mol. The van der Waals surface area contributed by atoms with Gasteiger partial charge < -0.3 is 10.2 Å². The van der Waals surface area contributed by atoms with Crippen LogP contribution in [-0.2, 0) is 17.8 Å². The van der Waals surface area contributed by atoms with Crippen LogP contribution in [0.15, 0.2) is 24.3 Å². The first kappa shape index (κ1) is 12.1. The molecule has 1 aromatic carbocycles. The topological polar surface area (TPSA) is 36.9 Å². The first-order chi connectivity index (χ1) is 8.31. The predicted octanol–water partition coefficient (Wildman–Crippen LogP) is 0.545. The summed E-state index contributed by atoms with van der Waals surface area (Å²) >= 11 is 0. The van der Waals surface area contributed by atoms with Crippen LogP contribution in [0.4, 0.5) is 0 Å². The number of fused-ring (bicyclic) bond motifs is 1. The Morgan fingerprint density at radius 2 is 2.12 bits per heavy atom. The van der Waals surface area contributed by atoms with Crippen LogP contribution in [0, 0.1) is 0 Å². The second-order valence-electron chi connectivity index (χ2n) is 4.62. The van der Waals surface area contributed by atoms with E-state index >= 15 is 0 Å². The summed E-state index contributed by atoms with van der Waals surface area (Å²) < 4.78 is 0. The van der Waals surface area contributed by atoms with Gasteiger partial charge in [-0.2, -0.15) is 0 Å². The molecule has 17 heavy (non-hydrogen) atoms. The summed E-state index contributed by atoms with van der Waals surface area (Å²) in [5.74, 6) is 0.271. The number of hydrogen-bond donors (Lipinski definition) is 1. The molecule has 2 N–H and O–H groups in total. The van der Waals surface area contributed by atoms with E-state index in [0.29, 0.717) is 6.54 Å². The van der Waals surface area contributed by atoms with Crippen molar-refractivity contribution in [3.8, 4) is 0 Å². The molecule has 0 spiro atoms. The van der Waals surface area contributed by atoms with E-state index in [1.54, 1.807) is 0 Å². The van der Waals surface area contributed by atoms with Crippen LogP contribution in [0.1, 0.15) is 24.5 Å². The van der Waals surface area contributed by atoms with Crippen molar-refractivity contribution in [3.63, 3.8) is 0 Å². The molecule has 0 aromatic heterocycles. The van der Waals surface area contributed by atoms with Crippen LogP contribution in [0.2, 0.25) is 0 Å². The van der Waals surface area contributed by atoms with E-state index in [9.17, 15) is 4.79 Å². The van der Waals surface area contributed by atoms with E-state index in [1.807, 2.05) is 4.90 Å². The fraction of sp³-hybridized carbons (Fsp3) is 0.500. The Balaban J connectivity index is 1.91. The predicted molar refractivity (Wildman–Crippen MR) is 67.5 cm³/mol. The number of amides is 1. The Kier molecular flexibility index (Phi) is 4.15. The normalized spacial score (nSPS) is 14.5. The molecule has 0 unspecified atom stereocenters. The van der Waals surface area contributed by atoms with Crippen LogP contribution in [0.3, 0.4) is 0 Å². The van der Waals surface area contributed by atoms with E-state index in [1.165, 1.54) is 11.1 Å². The summed E-state index contributed by atoms with van der Waals surface area (Å²) in [6, 6.07) is 8.42. The van der Waals surface area contributed by atoms with Gasteiger partial charge in [0.2, 0.25) is 0 Å². The van der Waals surface area contributed by atoms with Gasteiger partial charge in [0, 0.05) is 13.1 Å². The first-order valence-electron chi connectivity index (χ1n) is 6.47. The molecule has 2 rings (SSSR count). The lowest BCUT2D eigenvalue weighted by molar-refractivity contribution is -0.644. The van der Waals surface area contributed by atoms with Crippen molar-refractivity contribution in [1.29, 1.82) is 0 Å². The summed E-state index contributed by atoms with van der Waals surface area (Å²) in [6.07, 6.45) is 2.12. The minimum absolute atomic E-state index is 0.271. The molecule has 92 valence electrons. The van der Waals surface area contributed by atoms with Gasteiger partial charge in [0.05, 0.1) is 6.54 Å². The van der Waals surface area contributed by atoms with Crippen LogP contribution < -0.4 is 5.32 Å². The molecule has 0 radical (unpaired) electrons. The second kappa shape index (κ2) is 5.82. The van der Waals surface area contributed by atoms with Gasteiger partial charge in [0.25, 0.3) is 5.91 Å². The maximum absolute atomic E-state index is 12.0. The highest BCUT2D eigenvalue weighted by molar-refractivity contribution is 5.77. The monoisotopic (exact) mass is 233 g/mol. The lowest BCUT2D eigenvalue weighted by Gasteiger charge is -2.28. The molecule has 1 aliphatic heterocycles. The minimum atomic E-state index is 0.271. The quantitative estimate of drug-likeness (QED) is 0.757. The molecule has 3 heteroatoms. The van der Waals surface area contributed by atoms with Gasteiger partial charge in [-0.15, -0.1) is 0 Å². The van der Waals surface area contributed by atoms with Crippen molar-refractivity contribution < 1.29 is 10.1 Å². The Hall–Kier alpha value is -1.35. The van der Waals surface area contributed by atoms with Crippen molar-refractivity contribution in [2.45, 2.75) is 26.3 Å². The summed E-state index contributed by atoms with van der Waals surface area (Å²) in [4.78, 5) is 14.0. The number of benzene rings is 1. The van der Waals surface area contributed by atoms with Crippen LogP contribution in [-0.4, -0.2) is 30.4 Å². The molecule has 0 saturated carbocycles. The number of rotatable bonds is 4. The van der Waals surface area contributed by atoms with Crippen molar-refractivity contribution in [3.05, 3.63) is 35.4 Å². The number of carbonyl (C=O) groups excluding carboxylic acids is 1. The number of nitrogens with zero attached hydrogens (tertiary/aromatic N) is 1. The smallest absolute Gasteiger partial charge is 0.277 e. The number of carbonyl (C=O) groups is 1. The summed E-state index contributed by atoms with van der Waals surface area (Å²) in [5.41, 5.74) is 2.71. The van der Waals surface area contributed by atoms with Crippen LogP contribution in [0.25, 0.3) is 0 Å². The molecule has 0 bridgehead atoms. The SMILES string of the molecule is CCC[NH2+]CC(=O)N1CCc2ccccc2C1. The number of nitrogens with two attached hydrogens (primary N) is 1. The molecule has 0 fully saturated rings. The van der Waals surface area contributed by atoms with Crippen molar-refractivity contribution in [1.82, 2.24) is 4.90 Å². The fourth-order valence-electron chi connectivity index (χ4n) is 2.27. The standard InChI is InChI=1S/C14H20N2O/c1-2-8-15-10-14(17)16-9-7-12-5-3-4-6-13(12)11-16/h3-6,15H,2,7-11H2,1H3/p+1. The van der Waals surface area contributed by atoms with Gasteiger partial charge in [-0.25, -0.2) is 0 Å². The molecule has 1 aromatic rings. The summed E-state index contributed by atoms with van der Waals surface area (Å²) in [7, 11) is 0. The maximum atomic E-state index is 12.0. The van der Waals surface area contributed by atoms with E-state index in [2.05, 4.69) is 36.5 Å². The van der Waals surface area contributed by atoms with Gasteiger partial charge in [-0.05, 0) is 24.0 Å². The zero-order valence-electron chi connectivity index (χ0n) is 10.5. The Labute approximate surface area is 103 Å². The molecular weight excluding hydrogens is 212 g/mol. The Morgan fingerprint density at radius 3 is 2.88 bits per heavy atom. The van der Waals surface area contributed by atoms with E-state index in [4.69, 9.17) is 0 Å². The average Bonchev–Trinajstić information content (AvgIpc) is 2.38. The third kappa shape index (κ3) is 3.07. The summed E-state index contributed by atoms with van der Waals surface area (Å²) in [5, 5.41) is 2.10. The highest BCUT2D eigenvalue weighted by atomic mass is 16.2. The Bertz CT molecular complexity index is 390.